The quantitative estimate of drug-likeness (QED) is 0.190. The number of alkyl carbamates (subject to hydrolysis) is 1. The van der Waals surface area contributed by atoms with Crippen LogP contribution in [-0.2, 0) is 20.2 Å². The molecule has 46 heavy (non-hydrogen) atoms. The van der Waals surface area contributed by atoms with Crippen LogP contribution in [0.5, 0.6) is 0 Å². The fourth-order valence-electron chi connectivity index (χ4n) is 6.47. The van der Waals surface area contributed by atoms with Gasteiger partial charge in [0.05, 0.1) is 26.9 Å². The van der Waals surface area contributed by atoms with Crippen LogP contribution in [0, 0.1) is 0 Å². The zero-order valence-electron chi connectivity index (χ0n) is 27.4. The Hall–Kier alpha value is -3.48. The number of thiazole rings is 1. The van der Waals surface area contributed by atoms with Crippen molar-refractivity contribution in [3.8, 4) is 10.4 Å². The van der Waals surface area contributed by atoms with Gasteiger partial charge in [0, 0.05) is 33.9 Å². The number of fused-ring (bicyclic) bond motifs is 3. The van der Waals surface area contributed by atoms with Gasteiger partial charge >= 0.3 is 12.1 Å². The summed E-state index contributed by atoms with van der Waals surface area (Å²) in [6.07, 6.45) is 6.42. The highest BCUT2D eigenvalue weighted by molar-refractivity contribution is 7.89. The Kier molecular flexibility index (Phi) is 9.54. The second-order valence-electron chi connectivity index (χ2n) is 14.0. The minimum Gasteiger partial charge on any atom is -0.447 e. The first-order valence-corrected chi connectivity index (χ1v) is 18.1. The molecule has 4 N–H and O–H groups in total. The fraction of sp³-hybridized carbons (Fsp3) is 0.500. The van der Waals surface area contributed by atoms with Crippen LogP contribution in [0.4, 0.5) is 15.3 Å². The van der Waals surface area contributed by atoms with Crippen LogP contribution < -0.4 is 20.7 Å². The van der Waals surface area contributed by atoms with Gasteiger partial charge in [0.1, 0.15) is 0 Å². The molecule has 3 aromatic rings. The Balaban J connectivity index is 1.38. The van der Waals surface area contributed by atoms with Gasteiger partial charge in [0.2, 0.25) is 10.0 Å². The summed E-state index contributed by atoms with van der Waals surface area (Å²) >= 11 is 1.52. The van der Waals surface area contributed by atoms with Gasteiger partial charge < -0.3 is 20.7 Å². The van der Waals surface area contributed by atoms with Crippen LogP contribution in [0.25, 0.3) is 10.4 Å². The Labute approximate surface area is 276 Å². The number of aromatic nitrogens is 1. The molecule has 0 unspecified atom stereocenters. The molecule has 0 radical (unpaired) electrons. The molecule has 1 atom stereocenters. The molecule has 3 amide bonds. The van der Waals surface area contributed by atoms with Gasteiger partial charge in [-0.05, 0) is 97.8 Å². The van der Waals surface area contributed by atoms with Gasteiger partial charge in [-0.15, -0.1) is 11.3 Å². The minimum absolute atomic E-state index is 0.0724. The number of rotatable bonds is 9. The molecule has 1 aromatic heterocycles. The average Bonchev–Trinajstić information content (AvgIpc) is 3.48. The van der Waals surface area contributed by atoms with E-state index in [1.807, 2.05) is 51.1 Å². The van der Waals surface area contributed by atoms with Crippen molar-refractivity contribution >= 4 is 39.2 Å². The monoisotopic (exact) mass is 667 g/mol. The molecule has 3 saturated carbocycles. The topological polar surface area (TPSA) is 139 Å². The lowest BCUT2D eigenvalue weighted by molar-refractivity contribution is 0.0560. The van der Waals surface area contributed by atoms with Crippen LogP contribution in [0.1, 0.15) is 96.7 Å². The second kappa shape index (κ2) is 13.0. The number of anilines is 1. The average molecular weight is 668 g/mol. The van der Waals surface area contributed by atoms with Crippen molar-refractivity contribution in [2.75, 3.05) is 5.32 Å². The number of urea groups is 1. The molecule has 0 saturated heterocycles. The number of ether oxygens (including phenoxy) is 1. The van der Waals surface area contributed by atoms with E-state index >= 15 is 0 Å². The molecule has 0 aliphatic heterocycles. The van der Waals surface area contributed by atoms with E-state index in [1.165, 1.54) is 17.4 Å². The first kappa shape index (κ1) is 33.9. The number of sulfonamides is 1. The Morgan fingerprint density at radius 1 is 0.957 bits per heavy atom. The third-order valence-electron chi connectivity index (χ3n) is 8.80. The molecule has 2 aromatic carbocycles. The molecule has 1 heterocycles. The molecule has 248 valence electrons. The van der Waals surface area contributed by atoms with Gasteiger partial charge in [-0.25, -0.2) is 27.7 Å². The number of benzene rings is 2. The van der Waals surface area contributed by atoms with Crippen molar-refractivity contribution in [2.24, 2.45) is 0 Å². The van der Waals surface area contributed by atoms with E-state index < -0.39 is 21.6 Å². The van der Waals surface area contributed by atoms with Crippen molar-refractivity contribution in [1.29, 1.82) is 0 Å². The van der Waals surface area contributed by atoms with E-state index in [1.54, 1.807) is 39.1 Å². The zero-order valence-corrected chi connectivity index (χ0v) is 29.0. The van der Waals surface area contributed by atoms with Crippen LogP contribution in [0.3, 0.4) is 0 Å². The third-order valence-corrected chi connectivity index (χ3v) is 11.9. The molecule has 3 aliphatic rings. The summed E-state index contributed by atoms with van der Waals surface area (Å²) in [6.45, 7) is 10.9. The fourth-order valence-corrected chi connectivity index (χ4v) is 9.43. The minimum atomic E-state index is -3.97. The van der Waals surface area contributed by atoms with Crippen molar-refractivity contribution in [2.45, 2.75) is 114 Å². The third kappa shape index (κ3) is 7.72. The van der Waals surface area contributed by atoms with Crippen molar-refractivity contribution in [3.05, 3.63) is 65.3 Å². The van der Waals surface area contributed by atoms with Crippen molar-refractivity contribution in [1.82, 2.24) is 20.3 Å². The van der Waals surface area contributed by atoms with Crippen molar-refractivity contribution < 1.29 is 22.7 Å². The van der Waals surface area contributed by atoms with E-state index in [9.17, 15) is 18.0 Å². The molecule has 3 fully saturated rings. The van der Waals surface area contributed by atoms with Gasteiger partial charge in [-0.2, -0.15) is 0 Å². The Bertz CT molecular complexity index is 1660. The highest BCUT2D eigenvalue weighted by atomic mass is 32.2. The number of hydrogen-bond donors (Lipinski definition) is 4. The number of nitrogens with one attached hydrogen (secondary N) is 4. The molecule has 2 bridgehead atoms. The number of carbonyl (C=O) groups excluding carboxylic acids is 2. The normalized spacial score (nSPS) is 21.9. The summed E-state index contributed by atoms with van der Waals surface area (Å²) in [4.78, 5) is 30.9. The lowest BCUT2D eigenvalue weighted by Crippen LogP contribution is -2.58. The van der Waals surface area contributed by atoms with Crippen LogP contribution in [0.15, 0.2) is 59.6 Å². The molecule has 12 heteroatoms. The molecular formula is C34H45N5O5S2. The number of amides is 3. The van der Waals surface area contributed by atoms with Gasteiger partial charge in [0.25, 0.3) is 0 Å². The SMILES string of the molecule is CC(C)OC(=O)NC12CCC(c3ncc(-c4ccc(NC(=O)N[C@@H](C)c5ccccc5)cc4S(=O)(=O)NC(C)(C)C)s3)(CC1)CC2. The van der Waals surface area contributed by atoms with E-state index in [2.05, 4.69) is 20.7 Å². The van der Waals surface area contributed by atoms with E-state index in [4.69, 9.17) is 9.72 Å². The smallest absolute Gasteiger partial charge is 0.407 e. The zero-order chi connectivity index (χ0) is 33.3. The lowest BCUT2D eigenvalue weighted by Gasteiger charge is -2.52. The van der Waals surface area contributed by atoms with Crippen LogP contribution in [-0.4, -0.2) is 42.7 Å². The number of hydrogen-bond acceptors (Lipinski definition) is 7. The summed E-state index contributed by atoms with van der Waals surface area (Å²) in [6, 6.07) is 13.9. The summed E-state index contributed by atoms with van der Waals surface area (Å²) < 4.78 is 35.7. The van der Waals surface area contributed by atoms with Gasteiger partial charge in [0.15, 0.2) is 0 Å². The molecular weight excluding hydrogens is 623 g/mol. The molecule has 0 spiro atoms. The highest BCUT2D eigenvalue weighted by Crippen LogP contribution is 2.55. The number of nitrogens with zero attached hydrogens (tertiary/aromatic N) is 1. The summed E-state index contributed by atoms with van der Waals surface area (Å²) in [5.41, 5.74) is 0.774. The Morgan fingerprint density at radius 3 is 2.22 bits per heavy atom. The van der Waals surface area contributed by atoms with Crippen LogP contribution in [0.2, 0.25) is 0 Å². The maximum Gasteiger partial charge on any atom is 0.407 e. The predicted octanol–water partition coefficient (Wildman–Crippen LogP) is 7.25. The van der Waals surface area contributed by atoms with Crippen molar-refractivity contribution in [3.63, 3.8) is 0 Å². The van der Waals surface area contributed by atoms with E-state index in [-0.39, 0.29) is 34.1 Å². The Morgan fingerprint density at radius 2 is 1.61 bits per heavy atom. The largest absolute Gasteiger partial charge is 0.447 e. The maximum absolute atomic E-state index is 13.8. The molecule has 10 nitrogen and oxygen atoms in total. The standard InChI is InChI=1S/C34H45N5O5S2/c1-22(2)44-31(41)38-34-17-14-33(15-18-34,16-19-34)29-35-21-27(45-29)26-13-12-25(20-28(26)46(42,43)39-32(4,5)6)37-30(40)36-23(3)24-10-8-7-9-11-24/h7-13,20-23,39H,14-19H2,1-6H3,(H,38,41)(H2,36,37,40)/t23-,33?,34?/m0/s1. The first-order valence-electron chi connectivity index (χ1n) is 15.8. The van der Waals surface area contributed by atoms with Crippen LogP contribution >= 0.6 is 11.3 Å². The summed E-state index contributed by atoms with van der Waals surface area (Å²) in [5.74, 6) is 0. The van der Waals surface area contributed by atoms with Gasteiger partial charge in [-0.1, -0.05) is 36.4 Å². The molecule has 6 rings (SSSR count). The summed E-state index contributed by atoms with van der Waals surface area (Å²) in [5, 5.41) is 9.85. The first-order chi connectivity index (χ1) is 21.6. The van der Waals surface area contributed by atoms with E-state index in [0.29, 0.717) is 11.3 Å². The predicted molar refractivity (Wildman–Crippen MR) is 181 cm³/mol. The second-order valence-corrected chi connectivity index (χ2v) is 16.6. The summed E-state index contributed by atoms with van der Waals surface area (Å²) in [7, 11) is -3.97. The maximum atomic E-state index is 13.8. The number of carbonyl (C=O) groups is 2. The highest BCUT2D eigenvalue weighted by Gasteiger charge is 2.51. The van der Waals surface area contributed by atoms with E-state index in [0.717, 1.165) is 54.0 Å². The molecule has 3 aliphatic carbocycles. The van der Waals surface area contributed by atoms with Gasteiger partial charge in [-0.3, -0.25) is 0 Å². The lowest BCUT2D eigenvalue weighted by atomic mass is 9.57.